The van der Waals surface area contributed by atoms with Gasteiger partial charge in [0.1, 0.15) is 5.76 Å². The Morgan fingerprint density at radius 2 is 2.13 bits per heavy atom. The predicted molar refractivity (Wildman–Crippen MR) is 89.6 cm³/mol. The maximum absolute atomic E-state index is 12.5. The standard InChI is InChI=1S/C18H15N3O2/c1-19-13-14-4-2-5-15(12-14)18(22)21-10-9-16(20-21)7-8-17-6-3-11-23-17/h2-13H,1H3/b8-7+,19-13-. The lowest BCUT2D eigenvalue weighted by molar-refractivity contribution is 0.0945. The maximum atomic E-state index is 12.5. The van der Waals surface area contributed by atoms with Crippen LogP contribution in [0.25, 0.3) is 12.2 Å². The molecule has 0 aliphatic heterocycles. The normalized spacial score (nSPS) is 11.5. The van der Waals surface area contributed by atoms with Gasteiger partial charge in [-0.3, -0.25) is 9.79 Å². The number of furan rings is 1. The Bertz CT molecular complexity index is 858. The Kier molecular flexibility index (Phi) is 4.29. The minimum atomic E-state index is -0.186. The molecule has 114 valence electrons. The SMILES string of the molecule is C/N=C\c1cccc(C(=O)n2ccc(/C=C/c3ccco3)n2)c1. The highest BCUT2D eigenvalue weighted by Crippen LogP contribution is 2.09. The van der Waals surface area contributed by atoms with Crippen LogP contribution in [0.1, 0.15) is 27.4 Å². The minimum absolute atomic E-state index is 0.186. The summed E-state index contributed by atoms with van der Waals surface area (Å²) < 4.78 is 6.54. The van der Waals surface area contributed by atoms with Crippen molar-refractivity contribution in [3.8, 4) is 0 Å². The Labute approximate surface area is 133 Å². The van der Waals surface area contributed by atoms with Crippen LogP contribution in [-0.4, -0.2) is 28.9 Å². The van der Waals surface area contributed by atoms with Gasteiger partial charge in [-0.25, -0.2) is 4.68 Å². The molecule has 0 atom stereocenters. The molecule has 0 aliphatic carbocycles. The quantitative estimate of drug-likeness (QED) is 0.694. The zero-order valence-electron chi connectivity index (χ0n) is 12.6. The van der Waals surface area contributed by atoms with Crippen molar-refractivity contribution >= 4 is 24.3 Å². The molecule has 0 N–H and O–H groups in total. The number of carbonyl (C=O) groups excluding carboxylic acids is 1. The fraction of sp³-hybridized carbons (Fsp3) is 0.0556. The molecule has 0 saturated carbocycles. The van der Waals surface area contributed by atoms with E-state index >= 15 is 0 Å². The zero-order chi connectivity index (χ0) is 16.1. The van der Waals surface area contributed by atoms with Crippen LogP contribution in [0.4, 0.5) is 0 Å². The number of aromatic nitrogens is 2. The third-order valence-corrected chi connectivity index (χ3v) is 3.19. The van der Waals surface area contributed by atoms with E-state index in [0.717, 1.165) is 11.3 Å². The van der Waals surface area contributed by atoms with Crippen LogP contribution < -0.4 is 0 Å². The van der Waals surface area contributed by atoms with Gasteiger partial charge in [-0.15, -0.1) is 0 Å². The first kappa shape index (κ1) is 14.7. The Morgan fingerprint density at radius 1 is 1.22 bits per heavy atom. The van der Waals surface area contributed by atoms with Crippen LogP contribution in [0.3, 0.4) is 0 Å². The Balaban J connectivity index is 1.79. The molecular formula is C18H15N3O2. The molecule has 5 nitrogen and oxygen atoms in total. The lowest BCUT2D eigenvalue weighted by atomic mass is 10.1. The van der Waals surface area contributed by atoms with E-state index in [1.54, 1.807) is 56.1 Å². The van der Waals surface area contributed by atoms with Crippen LogP contribution in [-0.2, 0) is 0 Å². The van der Waals surface area contributed by atoms with Gasteiger partial charge in [-0.1, -0.05) is 12.1 Å². The van der Waals surface area contributed by atoms with Crippen LogP contribution >= 0.6 is 0 Å². The second-order valence-corrected chi connectivity index (χ2v) is 4.85. The number of rotatable bonds is 4. The molecule has 0 bridgehead atoms. The van der Waals surface area contributed by atoms with Crippen molar-refractivity contribution < 1.29 is 9.21 Å². The van der Waals surface area contributed by atoms with E-state index < -0.39 is 0 Å². The minimum Gasteiger partial charge on any atom is -0.465 e. The third kappa shape index (κ3) is 3.52. The van der Waals surface area contributed by atoms with E-state index in [4.69, 9.17) is 4.42 Å². The topological polar surface area (TPSA) is 60.4 Å². The van der Waals surface area contributed by atoms with Crippen molar-refractivity contribution in [2.45, 2.75) is 0 Å². The van der Waals surface area contributed by atoms with E-state index in [-0.39, 0.29) is 5.91 Å². The van der Waals surface area contributed by atoms with Crippen molar-refractivity contribution in [3.63, 3.8) is 0 Å². The fourth-order valence-corrected chi connectivity index (χ4v) is 2.13. The number of hydrogen-bond acceptors (Lipinski definition) is 4. The lowest BCUT2D eigenvalue weighted by Crippen LogP contribution is -2.12. The average Bonchev–Trinajstić information content (AvgIpc) is 3.24. The first-order valence-electron chi connectivity index (χ1n) is 7.10. The summed E-state index contributed by atoms with van der Waals surface area (Å²) in [5.41, 5.74) is 2.12. The summed E-state index contributed by atoms with van der Waals surface area (Å²) in [6.45, 7) is 0. The molecule has 3 rings (SSSR count). The fourth-order valence-electron chi connectivity index (χ4n) is 2.13. The van der Waals surface area contributed by atoms with Gasteiger partial charge in [0.05, 0.1) is 12.0 Å². The smallest absolute Gasteiger partial charge is 0.278 e. The highest BCUT2D eigenvalue weighted by Gasteiger charge is 2.09. The second kappa shape index (κ2) is 6.70. The molecule has 5 heteroatoms. The molecular weight excluding hydrogens is 290 g/mol. The summed E-state index contributed by atoms with van der Waals surface area (Å²) in [5, 5.41) is 4.27. The summed E-state index contributed by atoms with van der Waals surface area (Å²) in [6.07, 6.45) is 8.55. The van der Waals surface area contributed by atoms with Crippen molar-refractivity contribution in [2.75, 3.05) is 7.05 Å². The van der Waals surface area contributed by atoms with E-state index in [9.17, 15) is 4.79 Å². The molecule has 0 fully saturated rings. The molecule has 2 heterocycles. The monoisotopic (exact) mass is 305 g/mol. The largest absolute Gasteiger partial charge is 0.465 e. The van der Waals surface area contributed by atoms with Crippen LogP contribution in [0.5, 0.6) is 0 Å². The van der Waals surface area contributed by atoms with Gasteiger partial charge in [-0.2, -0.15) is 5.10 Å². The van der Waals surface area contributed by atoms with Gasteiger partial charge in [0.25, 0.3) is 5.91 Å². The molecule has 0 aliphatic rings. The van der Waals surface area contributed by atoms with E-state index in [2.05, 4.69) is 10.1 Å². The van der Waals surface area contributed by atoms with Crippen molar-refractivity contribution in [2.24, 2.45) is 4.99 Å². The number of nitrogens with zero attached hydrogens (tertiary/aromatic N) is 3. The van der Waals surface area contributed by atoms with Gasteiger partial charge < -0.3 is 4.42 Å². The highest BCUT2D eigenvalue weighted by atomic mass is 16.3. The van der Waals surface area contributed by atoms with Crippen molar-refractivity contribution in [3.05, 3.63) is 77.5 Å². The molecule has 0 unspecified atom stereocenters. The molecule has 1 aromatic carbocycles. The summed E-state index contributed by atoms with van der Waals surface area (Å²) in [5.74, 6) is 0.548. The van der Waals surface area contributed by atoms with Crippen LogP contribution in [0.2, 0.25) is 0 Å². The van der Waals surface area contributed by atoms with Gasteiger partial charge in [0, 0.05) is 25.0 Å². The average molecular weight is 305 g/mol. The number of hydrogen-bond donors (Lipinski definition) is 0. The van der Waals surface area contributed by atoms with Gasteiger partial charge >= 0.3 is 0 Å². The van der Waals surface area contributed by atoms with E-state index in [1.807, 2.05) is 24.3 Å². The molecule has 3 aromatic rings. The predicted octanol–water partition coefficient (Wildman–Crippen LogP) is 3.38. The van der Waals surface area contributed by atoms with Crippen molar-refractivity contribution in [1.82, 2.24) is 9.78 Å². The number of aliphatic imine (C=N–C) groups is 1. The maximum Gasteiger partial charge on any atom is 0.278 e. The van der Waals surface area contributed by atoms with Gasteiger partial charge in [0.15, 0.2) is 0 Å². The third-order valence-electron chi connectivity index (χ3n) is 3.19. The Morgan fingerprint density at radius 3 is 2.91 bits per heavy atom. The Hall–Kier alpha value is -3.21. The molecule has 0 saturated heterocycles. The molecule has 2 aromatic heterocycles. The summed E-state index contributed by atoms with van der Waals surface area (Å²) in [4.78, 5) is 16.4. The lowest BCUT2D eigenvalue weighted by Gasteiger charge is -2.01. The first-order valence-corrected chi connectivity index (χ1v) is 7.10. The molecule has 0 amide bonds. The zero-order valence-corrected chi connectivity index (χ0v) is 12.6. The summed E-state index contributed by atoms with van der Waals surface area (Å²) in [7, 11) is 1.69. The highest BCUT2D eigenvalue weighted by molar-refractivity contribution is 5.97. The van der Waals surface area contributed by atoms with Crippen molar-refractivity contribution in [1.29, 1.82) is 0 Å². The van der Waals surface area contributed by atoms with E-state index in [0.29, 0.717) is 11.3 Å². The summed E-state index contributed by atoms with van der Waals surface area (Å²) >= 11 is 0. The first-order chi connectivity index (χ1) is 11.3. The number of carbonyl (C=O) groups is 1. The van der Waals surface area contributed by atoms with Crippen LogP contribution in [0, 0.1) is 0 Å². The van der Waals surface area contributed by atoms with E-state index in [1.165, 1.54) is 4.68 Å². The van der Waals surface area contributed by atoms with Gasteiger partial charge in [-0.05, 0) is 48.0 Å². The number of benzene rings is 1. The molecule has 0 radical (unpaired) electrons. The second-order valence-electron chi connectivity index (χ2n) is 4.85. The molecule has 23 heavy (non-hydrogen) atoms. The summed E-state index contributed by atoms with van der Waals surface area (Å²) in [6, 6.07) is 12.7. The molecule has 0 spiro atoms. The van der Waals surface area contributed by atoms with Gasteiger partial charge in [0.2, 0.25) is 0 Å². The van der Waals surface area contributed by atoms with Crippen LogP contribution in [0.15, 0.2) is 64.3 Å².